The van der Waals surface area contributed by atoms with Gasteiger partial charge in [0.2, 0.25) is 0 Å². The number of halogens is 2. The van der Waals surface area contributed by atoms with Crippen molar-refractivity contribution in [2.24, 2.45) is 5.73 Å². The van der Waals surface area contributed by atoms with E-state index in [4.69, 9.17) is 18.0 Å². The average Bonchev–Trinajstić information content (AvgIpc) is 2.36. The molecule has 3 N–H and O–H groups in total. The molecule has 0 bridgehead atoms. The Kier molecular flexibility index (Phi) is 4.11. The van der Waals surface area contributed by atoms with Crippen molar-refractivity contribution < 1.29 is 4.39 Å². The number of aryl methyl sites for hydroxylation is 1. The molecule has 3 nitrogen and oxygen atoms in total. The molecule has 0 saturated carbocycles. The van der Waals surface area contributed by atoms with Crippen LogP contribution in [0.15, 0.2) is 34.8 Å². The summed E-state index contributed by atoms with van der Waals surface area (Å²) < 4.78 is 14.0. The van der Waals surface area contributed by atoms with Crippen molar-refractivity contribution >= 4 is 44.6 Å². The van der Waals surface area contributed by atoms with Gasteiger partial charge in [-0.15, -0.1) is 0 Å². The molecule has 1 heterocycles. The van der Waals surface area contributed by atoms with E-state index in [1.165, 1.54) is 6.07 Å². The fraction of sp³-hybridized carbons (Fsp3) is 0.0769. The van der Waals surface area contributed by atoms with Crippen molar-refractivity contribution in [3.63, 3.8) is 0 Å². The van der Waals surface area contributed by atoms with E-state index in [0.717, 1.165) is 5.56 Å². The van der Waals surface area contributed by atoms with Crippen LogP contribution in [0.1, 0.15) is 11.3 Å². The van der Waals surface area contributed by atoms with Gasteiger partial charge in [0.25, 0.3) is 0 Å². The summed E-state index contributed by atoms with van der Waals surface area (Å²) in [5, 5.41) is 3.05. The molecule has 2 aromatic rings. The van der Waals surface area contributed by atoms with Crippen LogP contribution in [0.2, 0.25) is 0 Å². The predicted molar refractivity (Wildman–Crippen MR) is 82.2 cm³/mol. The highest BCUT2D eigenvalue weighted by Gasteiger charge is 2.07. The van der Waals surface area contributed by atoms with Gasteiger partial charge in [-0.3, -0.25) is 0 Å². The molecule has 0 aliphatic carbocycles. The molecular weight excluding hydrogens is 329 g/mol. The summed E-state index contributed by atoms with van der Waals surface area (Å²) in [6.07, 6.45) is 0. The van der Waals surface area contributed by atoms with Crippen molar-refractivity contribution in [2.75, 3.05) is 5.32 Å². The van der Waals surface area contributed by atoms with Gasteiger partial charge in [0.15, 0.2) is 0 Å². The molecule has 19 heavy (non-hydrogen) atoms. The van der Waals surface area contributed by atoms with E-state index < -0.39 is 0 Å². The van der Waals surface area contributed by atoms with Gasteiger partial charge in [-0.2, -0.15) is 0 Å². The van der Waals surface area contributed by atoms with Gasteiger partial charge < -0.3 is 11.1 Å². The van der Waals surface area contributed by atoms with Crippen LogP contribution in [0.25, 0.3) is 0 Å². The second kappa shape index (κ2) is 5.63. The van der Waals surface area contributed by atoms with Gasteiger partial charge in [-0.1, -0.05) is 18.3 Å². The van der Waals surface area contributed by atoms with E-state index >= 15 is 0 Å². The number of hydrogen-bond donors (Lipinski definition) is 2. The summed E-state index contributed by atoms with van der Waals surface area (Å²) in [5.74, 6) is 0.230. The second-order valence-electron chi connectivity index (χ2n) is 3.98. The molecule has 0 spiro atoms. The number of nitrogens with zero attached hydrogens (tertiary/aromatic N) is 1. The van der Waals surface area contributed by atoms with Crippen LogP contribution in [-0.4, -0.2) is 9.97 Å². The minimum absolute atomic E-state index is 0.224. The molecule has 0 aliphatic heterocycles. The minimum atomic E-state index is -0.335. The highest BCUT2D eigenvalue weighted by molar-refractivity contribution is 9.10. The molecule has 0 radical (unpaired) electrons. The third-order valence-corrected chi connectivity index (χ3v) is 3.35. The molecule has 0 saturated heterocycles. The predicted octanol–water partition coefficient (Wildman–Crippen LogP) is 3.67. The maximum Gasteiger partial charge on any atom is 0.139 e. The zero-order chi connectivity index (χ0) is 14.0. The van der Waals surface area contributed by atoms with Crippen LogP contribution in [0.4, 0.5) is 15.9 Å². The quantitative estimate of drug-likeness (QED) is 0.837. The Bertz CT molecular complexity index is 646. The van der Waals surface area contributed by atoms with Crippen molar-refractivity contribution in [1.29, 1.82) is 0 Å². The Morgan fingerprint density at radius 2 is 2.16 bits per heavy atom. The van der Waals surface area contributed by atoms with Crippen molar-refractivity contribution in [2.45, 2.75) is 6.92 Å². The van der Waals surface area contributed by atoms with E-state index in [-0.39, 0.29) is 10.8 Å². The molecule has 0 aliphatic rings. The van der Waals surface area contributed by atoms with Gasteiger partial charge >= 0.3 is 0 Å². The van der Waals surface area contributed by atoms with Crippen LogP contribution in [-0.2, 0) is 0 Å². The number of anilines is 2. The second-order valence-corrected chi connectivity index (χ2v) is 5.27. The van der Waals surface area contributed by atoms with Crippen LogP contribution in [0.3, 0.4) is 0 Å². The van der Waals surface area contributed by atoms with Gasteiger partial charge in [0.1, 0.15) is 16.6 Å². The standard InChI is InChI=1S/C13H11BrFN3S/c1-7-5-8(14)9(15)6-11(7)18-12-4-2-3-10(17-12)13(16)19/h2-6H,1H3,(H2,16,19)(H,17,18). The lowest BCUT2D eigenvalue weighted by atomic mass is 10.2. The molecule has 0 unspecified atom stereocenters. The number of thiocarbonyl (C=S) groups is 1. The number of aromatic nitrogens is 1. The van der Waals surface area contributed by atoms with Crippen LogP contribution >= 0.6 is 28.1 Å². The van der Waals surface area contributed by atoms with Gasteiger partial charge in [0.05, 0.1) is 10.2 Å². The SMILES string of the molecule is Cc1cc(Br)c(F)cc1Nc1cccc(C(N)=S)n1. The summed E-state index contributed by atoms with van der Waals surface area (Å²) in [7, 11) is 0. The van der Waals surface area contributed by atoms with Crippen LogP contribution in [0.5, 0.6) is 0 Å². The third-order valence-electron chi connectivity index (χ3n) is 2.53. The fourth-order valence-corrected chi connectivity index (χ4v) is 2.13. The molecule has 0 atom stereocenters. The zero-order valence-corrected chi connectivity index (χ0v) is 12.5. The first-order valence-corrected chi connectivity index (χ1v) is 6.67. The number of nitrogens with one attached hydrogen (secondary N) is 1. The van der Waals surface area contributed by atoms with E-state index in [1.807, 2.05) is 6.92 Å². The number of hydrogen-bond acceptors (Lipinski definition) is 3. The Morgan fingerprint density at radius 1 is 1.42 bits per heavy atom. The zero-order valence-electron chi connectivity index (χ0n) is 10.1. The van der Waals surface area contributed by atoms with Crippen LogP contribution in [0, 0.1) is 12.7 Å². The lowest BCUT2D eigenvalue weighted by Crippen LogP contribution is -2.12. The van der Waals surface area contributed by atoms with Gasteiger partial charge in [-0.05, 0) is 52.7 Å². The number of rotatable bonds is 3. The number of benzene rings is 1. The molecule has 98 valence electrons. The Morgan fingerprint density at radius 3 is 2.84 bits per heavy atom. The van der Waals surface area contributed by atoms with E-state index in [9.17, 15) is 4.39 Å². The summed E-state index contributed by atoms with van der Waals surface area (Å²) >= 11 is 8.02. The summed E-state index contributed by atoms with van der Waals surface area (Å²) in [6, 6.07) is 8.39. The molecule has 0 amide bonds. The van der Waals surface area contributed by atoms with Crippen molar-refractivity contribution in [1.82, 2.24) is 4.98 Å². The molecular formula is C13H11BrFN3S. The molecule has 2 rings (SSSR count). The van der Waals surface area contributed by atoms with E-state index in [0.29, 0.717) is 21.7 Å². The Labute approximate surface area is 124 Å². The van der Waals surface area contributed by atoms with Gasteiger partial charge in [0, 0.05) is 5.69 Å². The molecule has 6 heteroatoms. The first-order chi connectivity index (χ1) is 8.97. The summed E-state index contributed by atoms with van der Waals surface area (Å²) in [4.78, 5) is 4.47. The molecule has 1 aromatic carbocycles. The molecule has 1 aromatic heterocycles. The highest BCUT2D eigenvalue weighted by atomic mass is 79.9. The topological polar surface area (TPSA) is 50.9 Å². The lowest BCUT2D eigenvalue weighted by molar-refractivity contribution is 0.621. The maximum absolute atomic E-state index is 13.5. The minimum Gasteiger partial charge on any atom is -0.388 e. The van der Waals surface area contributed by atoms with Crippen LogP contribution < -0.4 is 11.1 Å². The number of pyridine rings is 1. The summed E-state index contributed by atoms with van der Waals surface area (Å²) in [5.41, 5.74) is 7.59. The Hall–Kier alpha value is -1.53. The third kappa shape index (κ3) is 3.27. The first kappa shape index (κ1) is 13.9. The fourth-order valence-electron chi connectivity index (χ4n) is 1.56. The Balaban J connectivity index is 2.33. The summed E-state index contributed by atoms with van der Waals surface area (Å²) in [6.45, 7) is 1.88. The monoisotopic (exact) mass is 339 g/mol. The molecule has 0 fully saturated rings. The van der Waals surface area contributed by atoms with E-state index in [1.54, 1.807) is 24.3 Å². The smallest absolute Gasteiger partial charge is 0.139 e. The largest absolute Gasteiger partial charge is 0.388 e. The van der Waals surface area contributed by atoms with Crippen molar-refractivity contribution in [3.05, 3.63) is 51.9 Å². The lowest BCUT2D eigenvalue weighted by Gasteiger charge is -2.10. The maximum atomic E-state index is 13.5. The number of nitrogens with two attached hydrogens (primary N) is 1. The highest BCUT2D eigenvalue weighted by Crippen LogP contribution is 2.26. The normalized spacial score (nSPS) is 10.3. The van der Waals surface area contributed by atoms with E-state index in [2.05, 4.69) is 26.2 Å². The van der Waals surface area contributed by atoms with Crippen molar-refractivity contribution in [3.8, 4) is 0 Å². The average molecular weight is 340 g/mol. The van der Waals surface area contributed by atoms with Gasteiger partial charge in [-0.25, -0.2) is 9.37 Å². The first-order valence-electron chi connectivity index (χ1n) is 5.47.